The van der Waals surface area contributed by atoms with Crippen LogP contribution in [-0.2, 0) is 0 Å². The van der Waals surface area contributed by atoms with Crippen molar-refractivity contribution in [2.75, 3.05) is 13.1 Å². The summed E-state index contributed by atoms with van der Waals surface area (Å²) in [6.07, 6.45) is 0. The predicted octanol–water partition coefficient (Wildman–Crippen LogP) is 4.62. The Morgan fingerprint density at radius 2 is 1.74 bits per heavy atom. The van der Waals surface area contributed by atoms with Crippen molar-refractivity contribution >= 4 is 63.7 Å². The fourth-order valence-electron chi connectivity index (χ4n) is 2.25. The van der Waals surface area contributed by atoms with E-state index in [9.17, 15) is 4.79 Å². The maximum atomic E-state index is 12.0. The summed E-state index contributed by atoms with van der Waals surface area (Å²) in [7, 11) is 0. The Labute approximate surface area is 184 Å². The average molecular weight is 495 g/mol. The molecule has 0 radical (unpaired) electrons. The van der Waals surface area contributed by atoms with Gasteiger partial charge in [-0.25, -0.2) is 0 Å². The molecule has 9 heteroatoms. The van der Waals surface area contributed by atoms with Crippen molar-refractivity contribution in [3.05, 3.63) is 68.7 Å². The van der Waals surface area contributed by atoms with Gasteiger partial charge in [-0.1, -0.05) is 40.9 Å². The van der Waals surface area contributed by atoms with E-state index in [4.69, 9.17) is 40.5 Å². The van der Waals surface area contributed by atoms with Crippen molar-refractivity contribution in [1.29, 1.82) is 0 Å². The minimum Gasteiger partial charge on any atom is -0.370 e. The molecule has 0 saturated heterocycles. The molecular weight excluding hydrogens is 474 g/mol. The van der Waals surface area contributed by atoms with Gasteiger partial charge in [-0.3, -0.25) is 9.79 Å². The lowest BCUT2D eigenvalue weighted by atomic mass is 10.1. The summed E-state index contributed by atoms with van der Waals surface area (Å²) in [6, 6.07) is 11.8. The van der Waals surface area contributed by atoms with Gasteiger partial charge in [0.25, 0.3) is 5.91 Å². The first-order valence-corrected chi connectivity index (χ1v) is 9.05. The summed E-state index contributed by atoms with van der Waals surface area (Å²) >= 11 is 17.9. The van der Waals surface area contributed by atoms with Gasteiger partial charge in [0.05, 0.1) is 12.6 Å². The molecule has 1 atom stereocenters. The molecule has 0 aromatic heterocycles. The summed E-state index contributed by atoms with van der Waals surface area (Å²) in [5.41, 5.74) is 7.28. The van der Waals surface area contributed by atoms with E-state index >= 15 is 0 Å². The Kier molecular flexibility index (Phi) is 9.94. The first-order chi connectivity index (χ1) is 12.4. The standard InChI is InChI=1S/C18H19Cl3N4O.BrH/c1-11(15-7-6-14(20)10-16(15)21)25-18(22)24-9-8-23-17(26)12-2-4-13(19)5-3-12;/h2-7,10-11H,8-9H2,1H3,(H,23,26)(H3,22,24,25);1H. The molecule has 1 amide bonds. The van der Waals surface area contributed by atoms with Gasteiger partial charge >= 0.3 is 0 Å². The highest BCUT2D eigenvalue weighted by Crippen LogP contribution is 2.25. The number of benzene rings is 2. The Balaban J connectivity index is 0.00000364. The van der Waals surface area contributed by atoms with Crippen LogP contribution in [-0.4, -0.2) is 25.0 Å². The van der Waals surface area contributed by atoms with E-state index < -0.39 is 0 Å². The molecule has 0 fully saturated rings. The molecule has 4 N–H and O–H groups in total. The van der Waals surface area contributed by atoms with Crippen LogP contribution < -0.4 is 16.4 Å². The van der Waals surface area contributed by atoms with Crippen LogP contribution in [0.15, 0.2) is 47.5 Å². The van der Waals surface area contributed by atoms with E-state index in [1.165, 1.54) is 0 Å². The third kappa shape index (κ3) is 7.58. The molecule has 0 saturated carbocycles. The van der Waals surface area contributed by atoms with E-state index in [0.717, 1.165) is 5.56 Å². The zero-order chi connectivity index (χ0) is 19.1. The van der Waals surface area contributed by atoms with Gasteiger partial charge in [0.1, 0.15) is 0 Å². The van der Waals surface area contributed by atoms with Crippen LogP contribution in [0.1, 0.15) is 28.9 Å². The number of halogens is 4. The van der Waals surface area contributed by atoms with Gasteiger partial charge in [-0.2, -0.15) is 0 Å². The third-order valence-corrected chi connectivity index (χ3v) is 4.39. The number of hydrogen-bond donors (Lipinski definition) is 3. The second-order valence-electron chi connectivity index (χ2n) is 5.56. The number of aliphatic imine (C=N–C) groups is 1. The van der Waals surface area contributed by atoms with Gasteiger partial charge in [-0.15, -0.1) is 17.0 Å². The third-order valence-electron chi connectivity index (χ3n) is 3.58. The van der Waals surface area contributed by atoms with Crippen LogP contribution in [0.2, 0.25) is 15.1 Å². The largest absolute Gasteiger partial charge is 0.370 e. The lowest BCUT2D eigenvalue weighted by Crippen LogP contribution is -2.35. The molecule has 0 spiro atoms. The second kappa shape index (κ2) is 11.4. The molecular formula is C18H20BrCl3N4O. The fraction of sp³-hybridized carbons (Fsp3) is 0.222. The number of amides is 1. The van der Waals surface area contributed by atoms with Crippen LogP contribution in [0.25, 0.3) is 0 Å². The summed E-state index contributed by atoms with van der Waals surface area (Å²) < 4.78 is 0. The number of carbonyl (C=O) groups is 1. The zero-order valence-electron chi connectivity index (χ0n) is 14.5. The monoisotopic (exact) mass is 492 g/mol. The minimum absolute atomic E-state index is 0. The molecule has 0 aliphatic rings. The molecule has 2 aromatic rings. The number of guanidine groups is 1. The molecule has 1 unspecified atom stereocenters. The molecule has 0 bridgehead atoms. The second-order valence-corrected chi connectivity index (χ2v) is 6.84. The number of rotatable bonds is 6. The van der Waals surface area contributed by atoms with Crippen molar-refractivity contribution in [3.63, 3.8) is 0 Å². The highest BCUT2D eigenvalue weighted by Gasteiger charge is 2.10. The van der Waals surface area contributed by atoms with Crippen LogP contribution in [0.3, 0.4) is 0 Å². The van der Waals surface area contributed by atoms with Gasteiger partial charge in [0, 0.05) is 27.2 Å². The van der Waals surface area contributed by atoms with Crippen LogP contribution >= 0.6 is 51.8 Å². The van der Waals surface area contributed by atoms with Crippen LogP contribution in [0.5, 0.6) is 0 Å². The topological polar surface area (TPSA) is 79.5 Å². The maximum Gasteiger partial charge on any atom is 0.251 e. The molecule has 0 aliphatic carbocycles. The van der Waals surface area contributed by atoms with E-state index in [2.05, 4.69) is 15.6 Å². The fourth-order valence-corrected chi connectivity index (χ4v) is 2.95. The van der Waals surface area contributed by atoms with Crippen LogP contribution in [0.4, 0.5) is 0 Å². The summed E-state index contributed by atoms with van der Waals surface area (Å²) in [5, 5.41) is 7.53. The average Bonchev–Trinajstić information content (AvgIpc) is 2.59. The van der Waals surface area contributed by atoms with Gasteiger partial charge in [0.15, 0.2) is 5.96 Å². The number of hydrogen-bond acceptors (Lipinski definition) is 2. The van der Waals surface area contributed by atoms with E-state index in [1.807, 2.05) is 13.0 Å². The van der Waals surface area contributed by atoms with Crippen molar-refractivity contribution < 1.29 is 4.79 Å². The Bertz CT molecular complexity index is 800. The van der Waals surface area contributed by atoms with Gasteiger partial charge < -0.3 is 16.4 Å². The Hall–Kier alpha value is -1.47. The number of nitrogens with two attached hydrogens (primary N) is 1. The lowest BCUT2D eigenvalue weighted by Gasteiger charge is -2.16. The first kappa shape index (κ1) is 23.6. The molecule has 0 aliphatic heterocycles. The minimum atomic E-state index is -0.190. The Morgan fingerprint density at radius 1 is 1.11 bits per heavy atom. The quantitative estimate of drug-likeness (QED) is 0.312. The lowest BCUT2D eigenvalue weighted by molar-refractivity contribution is 0.0955. The zero-order valence-corrected chi connectivity index (χ0v) is 18.5. The molecule has 27 heavy (non-hydrogen) atoms. The SMILES string of the molecule is Br.CC(NC(N)=NCCNC(=O)c1ccc(Cl)cc1)c1ccc(Cl)cc1Cl. The molecule has 0 heterocycles. The normalized spacial score (nSPS) is 12.1. The van der Waals surface area contributed by atoms with Crippen molar-refractivity contribution in [2.24, 2.45) is 10.7 Å². The summed E-state index contributed by atoms with van der Waals surface area (Å²) in [6.45, 7) is 2.62. The molecule has 2 aromatic carbocycles. The van der Waals surface area contributed by atoms with Gasteiger partial charge in [-0.05, 0) is 48.9 Å². The van der Waals surface area contributed by atoms with Crippen molar-refractivity contribution in [3.8, 4) is 0 Å². The first-order valence-electron chi connectivity index (χ1n) is 7.92. The summed E-state index contributed by atoms with van der Waals surface area (Å²) in [4.78, 5) is 16.1. The maximum absolute atomic E-state index is 12.0. The molecule has 2 rings (SSSR count). The van der Waals surface area contributed by atoms with E-state index in [0.29, 0.717) is 33.7 Å². The number of carbonyl (C=O) groups excluding carboxylic acids is 1. The van der Waals surface area contributed by atoms with E-state index in [-0.39, 0.29) is 34.9 Å². The van der Waals surface area contributed by atoms with Crippen molar-refractivity contribution in [2.45, 2.75) is 13.0 Å². The predicted molar refractivity (Wildman–Crippen MR) is 119 cm³/mol. The number of nitrogens with one attached hydrogen (secondary N) is 2. The smallest absolute Gasteiger partial charge is 0.251 e. The van der Waals surface area contributed by atoms with E-state index in [1.54, 1.807) is 36.4 Å². The van der Waals surface area contributed by atoms with Crippen LogP contribution in [0, 0.1) is 0 Å². The highest BCUT2D eigenvalue weighted by molar-refractivity contribution is 8.93. The highest BCUT2D eigenvalue weighted by atomic mass is 79.9. The summed E-state index contributed by atoms with van der Waals surface area (Å²) in [5.74, 6) is 0.0777. The Morgan fingerprint density at radius 3 is 2.37 bits per heavy atom. The van der Waals surface area contributed by atoms with Gasteiger partial charge in [0.2, 0.25) is 0 Å². The van der Waals surface area contributed by atoms with Crippen molar-refractivity contribution in [1.82, 2.24) is 10.6 Å². The molecule has 5 nitrogen and oxygen atoms in total. The number of nitrogens with zero attached hydrogens (tertiary/aromatic N) is 1. The molecule has 146 valence electrons.